The van der Waals surface area contributed by atoms with Gasteiger partial charge < -0.3 is 10.4 Å². The molecule has 0 aliphatic rings. The van der Waals surface area contributed by atoms with Crippen LogP contribution >= 0.6 is 11.3 Å². The van der Waals surface area contributed by atoms with Gasteiger partial charge in [0.1, 0.15) is 0 Å². The van der Waals surface area contributed by atoms with E-state index in [0.717, 1.165) is 17.1 Å². The number of aliphatic hydroxyl groups is 1. The maximum atomic E-state index is 11.5. The van der Waals surface area contributed by atoms with Crippen molar-refractivity contribution in [2.24, 2.45) is 0 Å². The summed E-state index contributed by atoms with van der Waals surface area (Å²) in [6.07, 6.45) is 1.03. The molecular formula is C10H16N2O2S. The van der Waals surface area contributed by atoms with Gasteiger partial charge in [0.05, 0.1) is 29.8 Å². The summed E-state index contributed by atoms with van der Waals surface area (Å²) in [7, 11) is 0. The second-order valence-electron chi connectivity index (χ2n) is 3.39. The van der Waals surface area contributed by atoms with E-state index in [-0.39, 0.29) is 18.6 Å². The molecule has 0 unspecified atom stereocenters. The maximum Gasteiger partial charge on any atom is 0.226 e. The SMILES string of the molecule is CC[C@@H](CO)NC(=O)Cc1csc(C)n1. The molecule has 0 radical (unpaired) electrons. The zero-order valence-corrected chi connectivity index (χ0v) is 9.80. The predicted octanol–water partition coefficient (Wildman–Crippen LogP) is 0.881. The molecule has 0 saturated carbocycles. The highest BCUT2D eigenvalue weighted by Crippen LogP contribution is 2.08. The average Bonchev–Trinajstić information content (AvgIpc) is 2.60. The Morgan fingerprint density at radius 2 is 2.47 bits per heavy atom. The first-order valence-corrected chi connectivity index (χ1v) is 5.85. The van der Waals surface area contributed by atoms with E-state index in [4.69, 9.17) is 5.11 Å². The van der Waals surface area contributed by atoms with Crippen molar-refractivity contribution in [1.82, 2.24) is 10.3 Å². The van der Waals surface area contributed by atoms with Crippen molar-refractivity contribution < 1.29 is 9.90 Å². The van der Waals surface area contributed by atoms with Crippen LogP contribution in [0.25, 0.3) is 0 Å². The van der Waals surface area contributed by atoms with Crippen LogP contribution in [0.2, 0.25) is 0 Å². The van der Waals surface area contributed by atoms with Crippen molar-refractivity contribution in [3.05, 3.63) is 16.1 Å². The highest BCUT2D eigenvalue weighted by atomic mass is 32.1. The summed E-state index contributed by atoms with van der Waals surface area (Å²) in [5.41, 5.74) is 0.794. The topological polar surface area (TPSA) is 62.2 Å². The van der Waals surface area contributed by atoms with E-state index in [0.29, 0.717) is 6.42 Å². The van der Waals surface area contributed by atoms with Crippen molar-refractivity contribution in [3.8, 4) is 0 Å². The number of hydrogen-bond donors (Lipinski definition) is 2. The lowest BCUT2D eigenvalue weighted by molar-refractivity contribution is -0.121. The monoisotopic (exact) mass is 228 g/mol. The molecule has 1 amide bonds. The van der Waals surface area contributed by atoms with Gasteiger partial charge in [-0.1, -0.05) is 6.92 Å². The molecule has 0 bridgehead atoms. The summed E-state index contributed by atoms with van der Waals surface area (Å²) in [5, 5.41) is 14.5. The summed E-state index contributed by atoms with van der Waals surface area (Å²) in [4.78, 5) is 15.7. The van der Waals surface area contributed by atoms with Crippen LogP contribution in [0.15, 0.2) is 5.38 Å². The Hall–Kier alpha value is -0.940. The summed E-state index contributed by atoms with van der Waals surface area (Å²) >= 11 is 1.54. The molecule has 0 aliphatic heterocycles. The smallest absolute Gasteiger partial charge is 0.226 e. The predicted molar refractivity (Wildman–Crippen MR) is 59.9 cm³/mol. The van der Waals surface area contributed by atoms with Crippen molar-refractivity contribution >= 4 is 17.2 Å². The average molecular weight is 228 g/mol. The molecule has 1 aromatic rings. The Bertz CT molecular complexity index is 321. The molecular weight excluding hydrogens is 212 g/mol. The molecule has 0 aliphatic carbocycles. The molecule has 1 rings (SSSR count). The Balaban J connectivity index is 2.42. The highest BCUT2D eigenvalue weighted by Gasteiger charge is 2.10. The van der Waals surface area contributed by atoms with Gasteiger partial charge in [-0.25, -0.2) is 4.98 Å². The fourth-order valence-corrected chi connectivity index (χ4v) is 1.82. The molecule has 1 heterocycles. The number of nitrogens with zero attached hydrogens (tertiary/aromatic N) is 1. The van der Waals surface area contributed by atoms with Crippen molar-refractivity contribution in [2.45, 2.75) is 32.7 Å². The van der Waals surface area contributed by atoms with E-state index in [1.165, 1.54) is 11.3 Å². The van der Waals surface area contributed by atoms with Crippen molar-refractivity contribution in [2.75, 3.05) is 6.61 Å². The first kappa shape index (κ1) is 12.1. The van der Waals surface area contributed by atoms with Gasteiger partial charge in [0.2, 0.25) is 5.91 Å². The number of carbonyl (C=O) groups excluding carboxylic acids is 1. The van der Waals surface area contributed by atoms with Crippen molar-refractivity contribution in [3.63, 3.8) is 0 Å². The van der Waals surface area contributed by atoms with E-state index in [1.54, 1.807) is 0 Å². The van der Waals surface area contributed by atoms with Crippen LogP contribution in [0.1, 0.15) is 24.0 Å². The molecule has 0 fully saturated rings. The minimum absolute atomic E-state index is 0.0155. The lowest BCUT2D eigenvalue weighted by atomic mass is 10.2. The van der Waals surface area contributed by atoms with Gasteiger partial charge in [0, 0.05) is 5.38 Å². The Morgan fingerprint density at radius 1 is 1.73 bits per heavy atom. The number of aliphatic hydroxyl groups excluding tert-OH is 1. The first-order chi connectivity index (χ1) is 7.15. The summed E-state index contributed by atoms with van der Waals surface area (Å²) < 4.78 is 0. The van der Waals surface area contributed by atoms with Crippen LogP contribution in [0.3, 0.4) is 0 Å². The standard InChI is InChI=1S/C10H16N2O2S/c1-3-8(5-13)12-10(14)4-9-6-15-7(2)11-9/h6,8,13H,3-5H2,1-2H3,(H,12,14)/t8-/m0/s1. The van der Waals surface area contributed by atoms with Crippen molar-refractivity contribution in [1.29, 1.82) is 0 Å². The molecule has 0 saturated heterocycles. The number of carbonyl (C=O) groups is 1. The lowest BCUT2D eigenvalue weighted by Crippen LogP contribution is -2.37. The number of rotatable bonds is 5. The number of nitrogens with one attached hydrogen (secondary N) is 1. The molecule has 2 N–H and O–H groups in total. The van der Waals surface area contributed by atoms with Crippen LogP contribution in [-0.2, 0) is 11.2 Å². The van der Waals surface area contributed by atoms with E-state index < -0.39 is 0 Å². The fourth-order valence-electron chi connectivity index (χ4n) is 1.21. The summed E-state index contributed by atoms with van der Waals surface area (Å²) in [6.45, 7) is 3.82. The normalized spacial score (nSPS) is 12.5. The van der Waals surface area contributed by atoms with Gasteiger partial charge >= 0.3 is 0 Å². The first-order valence-electron chi connectivity index (χ1n) is 4.97. The Kier molecular flexibility index (Phi) is 4.71. The third-order valence-electron chi connectivity index (χ3n) is 2.09. The highest BCUT2D eigenvalue weighted by molar-refractivity contribution is 7.09. The number of aromatic nitrogens is 1. The lowest BCUT2D eigenvalue weighted by Gasteiger charge is -2.13. The number of aryl methyl sites for hydroxylation is 1. The van der Waals surface area contributed by atoms with Crippen LogP contribution in [-0.4, -0.2) is 28.6 Å². The van der Waals surface area contributed by atoms with Gasteiger partial charge in [-0.15, -0.1) is 11.3 Å². The minimum atomic E-state index is -0.141. The second kappa shape index (κ2) is 5.82. The van der Waals surface area contributed by atoms with Crippen LogP contribution < -0.4 is 5.32 Å². The zero-order chi connectivity index (χ0) is 11.3. The quantitative estimate of drug-likeness (QED) is 0.786. The zero-order valence-electron chi connectivity index (χ0n) is 8.99. The second-order valence-corrected chi connectivity index (χ2v) is 4.45. The van der Waals surface area contributed by atoms with Gasteiger partial charge in [0.25, 0.3) is 0 Å². The molecule has 1 aromatic heterocycles. The molecule has 15 heavy (non-hydrogen) atoms. The van der Waals surface area contributed by atoms with Crippen LogP contribution in [0.5, 0.6) is 0 Å². The Morgan fingerprint density at radius 3 is 2.93 bits per heavy atom. The molecule has 84 valence electrons. The molecule has 0 aromatic carbocycles. The van der Waals surface area contributed by atoms with E-state index in [9.17, 15) is 4.79 Å². The van der Waals surface area contributed by atoms with Gasteiger partial charge in [-0.2, -0.15) is 0 Å². The Labute approximate surface area is 93.4 Å². The molecule has 4 nitrogen and oxygen atoms in total. The van der Waals surface area contributed by atoms with Crippen LogP contribution in [0, 0.1) is 6.92 Å². The third kappa shape index (κ3) is 3.97. The maximum absolute atomic E-state index is 11.5. The number of amides is 1. The van der Waals surface area contributed by atoms with Gasteiger partial charge in [-0.3, -0.25) is 4.79 Å². The van der Waals surface area contributed by atoms with Crippen LogP contribution in [0.4, 0.5) is 0 Å². The minimum Gasteiger partial charge on any atom is -0.394 e. The van der Waals surface area contributed by atoms with Gasteiger partial charge in [0.15, 0.2) is 0 Å². The van der Waals surface area contributed by atoms with E-state index in [1.807, 2.05) is 19.2 Å². The number of hydrogen-bond acceptors (Lipinski definition) is 4. The molecule has 0 spiro atoms. The van der Waals surface area contributed by atoms with Gasteiger partial charge in [-0.05, 0) is 13.3 Å². The largest absolute Gasteiger partial charge is 0.394 e. The summed E-state index contributed by atoms with van der Waals surface area (Å²) in [5.74, 6) is -0.0822. The van der Waals surface area contributed by atoms with E-state index in [2.05, 4.69) is 10.3 Å². The summed E-state index contributed by atoms with van der Waals surface area (Å²) in [6, 6.07) is -0.141. The molecule has 1 atom stereocenters. The fraction of sp³-hybridized carbons (Fsp3) is 0.600. The van der Waals surface area contributed by atoms with E-state index >= 15 is 0 Å². The third-order valence-corrected chi connectivity index (χ3v) is 2.91. The molecule has 5 heteroatoms. The number of thiazole rings is 1.